The number of carboxylic acid groups (broad SMARTS) is 1. The molecule has 0 aliphatic carbocycles. The summed E-state index contributed by atoms with van der Waals surface area (Å²) in [7, 11) is 0. The van der Waals surface area contributed by atoms with Crippen molar-refractivity contribution >= 4 is 17.9 Å². The number of carbonyl (C=O) groups is 2. The molecule has 0 spiro atoms. The molecule has 0 saturated heterocycles. The number of aryl methyl sites for hydroxylation is 1. The highest BCUT2D eigenvalue weighted by molar-refractivity contribution is 5.92. The Balaban J connectivity index is 2.93. The first-order valence-electron chi connectivity index (χ1n) is 5.25. The van der Waals surface area contributed by atoms with Crippen LogP contribution in [0, 0.1) is 6.92 Å². The van der Waals surface area contributed by atoms with Crippen molar-refractivity contribution in [3.63, 3.8) is 0 Å². The summed E-state index contributed by atoms with van der Waals surface area (Å²) in [6.45, 7) is 4.67. The summed E-state index contributed by atoms with van der Waals surface area (Å²) >= 11 is 0. The van der Waals surface area contributed by atoms with Crippen LogP contribution in [0.4, 0.5) is 10.6 Å². The Kier molecular flexibility index (Phi) is 4.86. The van der Waals surface area contributed by atoms with E-state index < -0.39 is 18.6 Å². The molecule has 0 bridgehead atoms. The molecule has 1 aromatic heterocycles. The number of nitrogens with zero attached hydrogens (tertiary/aromatic N) is 2. The summed E-state index contributed by atoms with van der Waals surface area (Å²) in [6.07, 6.45) is 0.635. The van der Waals surface area contributed by atoms with Crippen LogP contribution in [0.1, 0.15) is 5.69 Å². The van der Waals surface area contributed by atoms with Gasteiger partial charge in [0.2, 0.25) is 0 Å². The van der Waals surface area contributed by atoms with E-state index in [9.17, 15) is 9.59 Å². The molecule has 1 rings (SSSR count). The number of hydrogen-bond acceptors (Lipinski definition) is 4. The van der Waals surface area contributed by atoms with Gasteiger partial charge < -0.3 is 9.84 Å². The van der Waals surface area contributed by atoms with Crippen LogP contribution in [0.15, 0.2) is 30.9 Å². The van der Waals surface area contributed by atoms with Crippen molar-refractivity contribution in [2.24, 2.45) is 0 Å². The first kappa shape index (κ1) is 13.7. The summed E-state index contributed by atoms with van der Waals surface area (Å²) in [4.78, 5) is 27.5. The number of aliphatic carboxylic acids is 1. The zero-order chi connectivity index (χ0) is 13.5. The molecule has 0 unspecified atom stereocenters. The molecule has 96 valence electrons. The van der Waals surface area contributed by atoms with Gasteiger partial charge in [-0.2, -0.15) is 0 Å². The van der Waals surface area contributed by atoms with E-state index >= 15 is 0 Å². The van der Waals surface area contributed by atoms with Gasteiger partial charge in [-0.25, -0.2) is 9.78 Å². The standard InChI is InChI=1S/C12H14N2O4/c1-3-7-18-12(17)14(8-11(15)16)10-6-4-5-9(2)13-10/h3-6H,1,7-8H2,2H3,(H,15,16). The number of ether oxygens (including phenoxy) is 1. The Hall–Kier alpha value is -2.37. The van der Waals surface area contributed by atoms with Crippen molar-refractivity contribution in [2.45, 2.75) is 6.92 Å². The van der Waals surface area contributed by atoms with Crippen LogP contribution in [0.2, 0.25) is 0 Å². The summed E-state index contributed by atoms with van der Waals surface area (Å²) in [6, 6.07) is 4.98. The van der Waals surface area contributed by atoms with E-state index in [1.807, 2.05) is 0 Å². The third kappa shape index (κ3) is 3.89. The summed E-state index contributed by atoms with van der Waals surface area (Å²) in [5.74, 6) is -0.902. The van der Waals surface area contributed by atoms with Gasteiger partial charge >= 0.3 is 12.1 Å². The fraction of sp³-hybridized carbons (Fsp3) is 0.250. The normalized spacial score (nSPS) is 9.61. The molecule has 18 heavy (non-hydrogen) atoms. The Morgan fingerprint density at radius 2 is 2.28 bits per heavy atom. The highest BCUT2D eigenvalue weighted by atomic mass is 16.6. The predicted molar refractivity (Wildman–Crippen MR) is 65.5 cm³/mol. The van der Waals surface area contributed by atoms with Gasteiger partial charge in [-0.1, -0.05) is 18.7 Å². The van der Waals surface area contributed by atoms with Gasteiger partial charge in [-0.05, 0) is 19.1 Å². The maximum Gasteiger partial charge on any atom is 0.416 e. The number of pyridine rings is 1. The first-order chi connectivity index (χ1) is 8.54. The summed E-state index contributed by atoms with van der Waals surface area (Å²) in [5.41, 5.74) is 0.680. The molecule has 0 aliphatic heterocycles. The second-order valence-electron chi connectivity index (χ2n) is 3.48. The van der Waals surface area contributed by atoms with Crippen LogP contribution < -0.4 is 4.90 Å². The molecule has 0 atom stereocenters. The van der Waals surface area contributed by atoms with Crippen molar-refractivity contribution < 1.29 is 19.4 Å². The van der Waals surface area contributed by atoms with Gasteiger partial charge in [0, 0.05) is 5.69 Å². The van der Waals surface area contributed by atoms with Gasteiger partial charge in [-0.15, -0.1) is 0 Å². The van der Waals surface area contributed by atoms with Crippen molar-refractivity contribution in [2.75, 3.05) is 18.1 Å². The van der Waals surface area contributed by atoms with Crippen LogP contribution >= 0.6 is 0 Å². The van der Waals surface area contributed by atoms with Crippen molar-refractivity contribution in [1.82, 2.24) is 4.98 Å². The number of aromatic nitrogens is 1. The molecule has 6 nitrogen and oxygen atoms in total. The molecule has 0 saturated carbocycles. The fourth-order valence-electron chi connectivity index (χ4n) is 1.26. The molecule has 0 fully saturated rings. The average molecular weight is 250 g/mol. The first-order valence-corrected chi connectivity index (χ1v) is 5.25. The second kappa shape index (κ2) is 6.39. The van der Waals surface area contributed by atoms with E-state index in [4.69, 9.17) is 9.84 Å². The molecule has 1 aromatic rings. The van der Waals surface area contributed by atoms with E-state index in [1.165, 1.54) is 6.08 Å². The Morgan fingerprint density at radius 1 is 1.56 bits per heavy atom. The maximum absolute atomic E-state index is 11.7. The highest BCUT2D eigenvalue weighted by Crippen LogP contribution is 2.12. The molecule has 0 aromatic carbocycles. The highest BCUT2D eigenvalue weighted by Gasteiger charge is 2.21. The lowest BCUT2D eigenvalue weighted by Crippen LogP contribution is -2.36. The number of carbonyl (C=O) groups excluding carboxylic acids is 1. The number of amides is 1. The van der Waals surface area contributed by atoms with Crippen LogP contribution in [-0.2, 0) is 9.53 Å². The molecule has 6 heteroatoms. The molecular formula is C12H14N2O4. The van der Waals surface area contributed by atoms with Crippen molar-refractivity contribution in [3.05, 3.63) is 36.5 Å². The van der Waals surface area contributed by atoms with E-state index in [-0.39, 0.29) is 12.4 Å². The Morgan fingerprint density at radius 3 is 2.83 bits per heavy atom. The van der Waals surface area contributed by atoms with Gasteiger partial charge in [0.25, 0.3) is 0 Å². The summed E-state index contributed by atoms with van der Waals surface area (Å²) < 4.78 is 4.81. The lowest BCUT2D eigenvalue weighted by molar-refractivity contribution is -0.135. The minimum absolute atomic E-state index is 0.0147. The van der Waals surface area contributed by atoms with Crippen LogP contribution in [0.3, 0.4) is 0 Å². The SMILES string of the molecule is C=CCOC(=O)N(CC(=O)O)c1cccc(C)n1. The summed E-state index contributed by atoms with van der Waals surface area (Å²) in [5, 5.41) is 8.79. The largest absolute Gasteiger partial charge is 0.480 e. The van der Waals surface area contributed by atoms with Gasteiger partial charge in [-0.3, -0.25) is 9.69 Å². The number of rotatable bonds is 5. The topological polar surface area (TPSA) is 79.7 Å². The van der Waals surface area contributed by atoms with E-state index in [0.717, 1.165) is 4.90 Å². The molecule has 1 heterocycles. The number of carboxylic acids is 1. The zero-order valence-electron chi connectivity index (χ0n) is 10.00. The molecule has 0 aliphatic rings. The van der Waals surface area contributed by atoms with E-state index in [0.29, 0.717) is 5.69 Å². The van der Waals surface area contributed by atoms with Gasteiger partial charge in [0.05, 0.1) is 0 Å². The molecule has 1 N–H and O–H groups in total. The zero-order valence-corrected chi connectivity index (χ0v) is 10.00. The monoisotopic (exact) mass is 250 g/mol. The van der Waals surface area contributed by atoms with Crippen LogP contribution in [-0.4, -0.2) is 35.3 Å². The quantitative estimate of drug-likeness (QED) is 0.803. The number of hydrogen-bond donors (Lipinski definition) is 1. The van der Waals surface area contributed by atoms with Crippen LogP contribution in [0.25, 0.3) is 0 Å². The molecular weight excluding hydrogens is 236 g/mol. The third-order valence-corrected chi connectivity index (χ3v) is 1.99. The second-order valence-corrected chi connectivity index (χ2v) is 3.48. The Bertz CT molecular complexity index is 459. The molecule has 0 radical (unpaired) electrons. The number of anilines is 1. The van der Waals surface area contributed by atoms with E-state index in [2.05, 4.69) is 11.6 Å². The maximum atomic E-state index is 11.7. The van der Waals surface area contributed by atoms with Crippen molar-refractivity contribution in [3.8, 4) is 0 Å². The lowest BCUT2D eigenvalue weighted by Gasteiger charge is -2.19. The Labute approximate surface area is 105 Å². The third-order valence-electron chi connectivity index (χ3n) is 1.99. The minimum atomic E-state index is -1.14. The molecule has 1 amide bonds. The fourth-order valence-corrected chi connectivity index (χ4v) is 1.26. The van der Waals surface area contributed by atoms with Crippen molar-refractivity contribution in [1.29, 1.82) is 0 Å². The van der Waals surface area contributed by atoms with E-state index in [1.54, 1.807) is 25.1 Å². The average Bonchev–Trinajstić information content (AvgIpc) is 2.32. The van der Waals surface area contributed by atoms with Crippen LogP contribution in [0.5, 0.6) is 0 Å². The van der Waals surface area contributed by atoms with Gasteiger partial charge in [0.1, 0.15) is 19.0 Å². The smallest absolute Gasteiger partial charge is 0.416 e. The lowest BCUT2D eigenvalue weighted by atomic mass is 10.3. The predicted octanol–water partition coefficient (Wildman–Crippen LogP) is 1.60. The minimum Gasteiger partial charge on any atom is -0.480 e. The van der Waals surface area contributed by atoms with Gasteiger partial charge in [0.15, 0.2) is 0 Å².